The molecule has 1 aliphatic rings. The molecular formula is C7H12N2O3. The van der Waals surface area contributed by atoms with Crippen LogP contribution in [-0.4, -0.2) is 36.5 Å². The predicted octanol–water partition coefficient (Wildman–Crippen LogP) is -0.175. The van der Waals surface area contributed by atoms with Gasteiger partial charge in [0, 0.05) is 6.54 Å². The highest BCUT2D eigenvalue weighted by molar-refractivity contribution is 5.88. The van der Waals surface area contributed by atoms with Gasteiger partial charge in [-0.2, -0.15) is 0 Å². The normalized spacial score (nSPS) is 27.1. The number of hydrogen-bond acceptors (Lipinski definition) is 4. The van der Waals surface area contributed by atoms with Gasteiger partial charge in [0.15, 0.2) is 0 Å². The van der Waals surface area contributed by atoms with Crippen LogP contribution in [0.1, 0.15) is 12.8 Å². The predicted molar refractivity (Wildman–Crippen MR) is 43.1 cm³/mol. The van der Waals surface area contributed by atoms with E-state index in [4.69, 9.17) is 5.11 Å². The first-order valence-corrected chi connectivity index (χ1v) is 3.79. The Bertz CT molecular complexity index is 193. The van der Waals surface area contributed by atoms with E-state index in [0.717, 1.165) is 5.71 Å². The summed E-state index contributed by atoms with van der Waals surface area (Å²) in [5.41, 5.74) is 0.870. The molecule has 0 bridgehead atoms. The van der Waals surface area contributed by atoms with E-state index in [1.165, 1.54) is 7.11 Å². The van der Waals surface area contributed by atoms with E-state index in [-0.39, 0.29) is 0 Å². The first-order valence-electron chi connectivity index (χ1n) is 3.79. The highest BCUT2D eigenvalue weighted by Gasteiger charge is 2.22. The zero-order valence-corrected chi connectivity index (χ0v) is 6.91. The first kappa shape index (κ1) is 8.99. The van der Waals surface area contributed by atoms with Crippen LogP contribution in [0.2, 0.25) is 0 Å². The number of carboxylic acid groups (broad SMARTS) is 1. The lowest BCUT2D eigenvalue weighted by atomic mass is 10.0. The van der Waals surface area contributed by atoms with Crippen molar-refractivity contribution in [3.8, 4) is 0 Å². The zero-order valence-electron chi connectivity index (χ0n) is 6.91. The number of carboxylic acids is 1. The molecular weight excluding hydrogens is 160 g/mol. The number of rotatable bonds is 2. The highest BCUT2D eigenvalue weighted by atomic mass is 16.6. The van der Waals surface area contributed by atoms with Gasteiger partial charge in [0.25, 0.3) is 0 Å². The van der Waals surface area contributed by atoms with Gasteiger partial charge in [-0.1, -0.05) is 5.16 Å². The fraction of sp³-hybridized carbons (Fsp3) is 0.714. The Balaban J connectivity index is 2.39. The molecule has 0 unspecified atom stereocenters. The maximum atomic E-state index is 10.5. The molecule has 5 nitrogen and oxygen atoms in total. The van der Waals surface area contributed by atoms with E-state index in [2.05, 4.69) is 15.3 Å². The van der Waals surface area contributed by atoms with Crippen molar-refractivity contribution < 1.29 is 14.7 Å². The van der Waals surface area contributed by atoms with Crippen LogP contribution in [0.5, 0.6) is 0 Å². The molecule has 1 fully saturated rings. The fourth-order valence-corrected chi connectivity index (χ4v) is 1.16. The standard InChI is InChI=1S/C7H12N2O3/c1-12-9-5-2-3-6(7(10)11)8-4-5/h6,8H,2-4H2,1H3,(H,10,11)/b9-5-/t6-/m0/s1. The fourth-order valence-electron chi connectivity index (χ4n) is 1.16. The van der Waals surface area contributed by atoms with Gasteiger partial charge in [0.05, 0.1) is 5.71 Å². The topological polar surface area (TPSA) is 70.9 Å². The van der Waals surface area contributed by atoms with Crippen molar-refractivity contribution in [3.63, 3.8) is 0 Å². The Hall–Kier alpha value is -1.10. The molecule has 1 aliphatic heterocycles. The molecule has 1 heterocycles. The van der Waals surface area contributed by atoms with Crippen LogP contribution in [0.4, 0.5) is 0 Å². The molecule has 0 radical (unpaired) electrons. The summed E-state index contributed by atoms with van der Waals surface area (Å²) in [5, 5.41) is 15.2. The maximum absolute atomic E-state index is 10.5. The Morgan fingerprint density at radius 1 is 1.83 bits per heavy atom. The maximum Gasteiger partial charge on any atom is 0.320 e. The quantitative estimate of drug-likeness (QED) is 0.567. The summed E-state index contributed by atoms with van der Waals surface area (Å²) in [5.74, 6) is -0.800. The number of aliphatic carboxylic acids is 1. The van der Waals surface area contributed by atoms with E-state index in [1.807, 2.05) is 0 Å². The molecule has 1 atom stereocenters. The highest BCUT2D eigenvalue weighted by Crippen LogP contribution is 2.05. The average molecular weight is 172 g/mol. The molecule has 5 heteroatoms. The van der Waals surface area contributed by atoms with E-state index < -0.39 is 12.0 Å². The van der Waals surface area contributed by atoms with Crippen molar-refractivity contribution in [2.75, 3.05) is 13.7 Å². The number of piperidine rings is 1. The van der Waals surface area contributed by atoms with Gasteiger partial charge in [-0.3, -0.25) is 10.1 Å². The molecule has 0 saturated carbocycles. The number of oxime groups is 1. The number of nitrogens with one attached hydrogen (secondary N) is 1. The van der Waals surface area contributed by atoms with E-state index >= 15 is 0 Å². The number of hydrogen-bond donors (Lipinski definition) is 2. The van der Waals surface area contributed by atoms with Gasteiger partial charge in [-0.25, -0.2) is 0 Å². The molecule has 2 N–H and O–H groups in total. The van der Waals surface area contributed by atoms with Crippen molar-refractivity contribution >= 4 is 11.7 Å². The van der Waals surface area contributed by atoms with E-state index in [9.17, 15) is 4.79 Å². The van der Waals surface area contributed by atoms with Crippen molar-refractivity contribution in [2.24, 2.45) is 5.16 Å². The van der Waals surface area contributed by atoms with Crippen LogP contribution >= 0.6 is 0 Å². The molecule has 1 rings (SSSR count). The van der Waals surface area contributed by atoms with Crippen LogP contribution in [0, 0.1) is 0 Å². The van der Waals surface area contributed by atoms with Crippen LogP contribution in [0.15, 0.2) is 5.16 Å². The summed E-state index contributed by atoms with van der Waals surface area (Å²) in [7, 11) is 1.48. The zero-order chi connectivity index (χ0) is 8.97. The van der Waals surface area contributed by atoms with Gasteiger partial charge in [-0.05, 0) is 12.8 Å². The van der Waals surface area contributed by atoms with Crippen molar-refractivity contribution in [2.45, 2.75) is 18.9 Å². The minimum atomic E-state index is -0.800. The van der Waals surface area contributed by atoms with E-state index in [0.29, 0.717) is 19.4 Å². The van der Waals surface area contributed by atoms with Gasteiger partial charge in [0.2, 0.25) is 0 Å². The summed E-state index contributed by atoms with van der Waals surface area (Å²) in [6, 6.07) is -0.430. The molecule has 0 amide bonds. The first-order chi connectivity index (χ1) is 5.74. The van der Waals surface area contributed by atoms with Gasteiger partial charge in [0.1, 0.15) is 13.2 Å². The second-order valence-electron chi connectivity index (χ2n) is 2.65. The third-order valence-electron chi connectivity index (χ3n) is 1.79. The van der Waals surface area contributed by atoms with Crippen molar-refractivity contribution in [1.29, 1.82) is 0 Å². The van der Waals surface area contributed by atoms with Crippen LogP contribution in [0.3, 0.4) is 0 Å². The molecule has 0 aromatic rings. The SMILES string of the molecule is CO/N=C1/CC[C@@H](C(=O)O)NC1. The lowest BCUT2D eigenvalue weighted by molar-refractivity contribution is -0.139. The van der Waals surface area contributed by atoms with Gasteiger partial charge in [-0.15, -0.1) is 0 Å². The minimum Gasteiger partial charge on any atom is -0.480 e. The van der Waals surface area contributed by atoms with Crippen LogP contribution in [-0.2, 0) is 9.63 Å². The van der Waals surface area contributed by atoms with Crippen LogP contribution in [0.25, 0.3) is 0 Å². The molecule has 0 aliphatic carbocycles. The molecule has 0 aromatic carbocycles. The summed E-state index contributed by atoms with van der Waals surface area (Å²) in [6.07, 6.45) is 1.27. The van der Waals surface area contributed by atoms with Crippen molar-refractivity contribution in [1.82, 2.24) is 5.32 Å². The average Bonchev–Trinajstić information content (AvgIpc) is 2.06. The van der Waals surface area contributed by atoms with Gasteiger partial charge < -0.3 is 9.94 Å². The summed E-state index contributed by atoms with van der Waals surface area (Å²) >= 11 is 0. The second kappa shape index (κ2) is 4.06. The Morgan fingerprint density at radius 3 is 3.00 bits per heavy atom. The number of nitrogens with zero attached hydrogens (tertiary/aromatic N) is 1. The summed E-state index contributed by atoms with van der Waals surface area (Å²) in [6.45, 7) is 0.505. The third kappa shape index (κ3) is 2.20. The molecule has 12 heavy (non-hydrogen) atoms. The third-order valence-corrected chi connectivity index (χ3v) is 1.79. The summed E-state index contributed by atoms with van der Waals surface area (Å²) in [4.78, 5) is 15.1. The smallest absolute Gasteiger partial charge is 0.320 e. The molecule has 0 aromatic heterocycles. The number of carbonyl (C=O) groups is 1. The lowest BCUT2D eigenvalue weighted by Crippen LogP contribution is -2.44. The van der Waals surface area contributed by atoms with Crippen LogP contribution < -0.4 is 5.32 Å². The Labute approximate surface area is 70.4 Å². The van der Waals surface area contributed by atoms with Crippen molar-refractivity contribution in [3.05, 3.63) is 0 Å². The van der Waals surface area contributed by atoms with E-state index in [1.54, 1.807) is 0 Å². The second-order valence-corrected chi connectivity index (χ2v) is 2.65. The largest absolute Gasteiger partial charge is 0.480 e. The molecule has 1 saturated heterocycles. The monoisotopic (exact) mass is 172 g/mol. The lowest BCUT2D eigenvalue weighted by Gasteiger charge is -2.20. The Kier molecular flexibility index (Phi) is 3.04. The molecule has 0 spiro atoms. The Morgan fingerprint density at radius 2 is 2.58 bits per heavy atom. The van der Waals surface area contributed by atoms with Gasteiger partial charge >= 0.3 is 5.97 Å². The summed E-state index contributed by atoms with van der Waals surface area (Å²) < 4.78 is 0. The minimum absolute atomic E-state index is 0.430. The molecule has 68 valence electrons.